The molecule has 0 radical (unpaired) electrons. The number of aromatic nitrogens is 1. The Kier molecular flexibility index (Phi) is 3.91. The van der Waals surface area contributed by atoms with E-state index in [1.165, 1.54) is 22.5 Å². The molecule has 0 unspecified atom stereocenters. The molecule has 1 aromatic heterocycles. The van der Waals surface area contributed by atoms with Crippen molar-refractivity contribution in [3.8, 4) is 0 Å². The van der Waals surface area contributed by atoms with Crippen molar-refractivity contribution in [2.75, 3.05) is 26.2 Å². The highest BCUT2D eigenvalue weighted by atomic mass is 32.1. The number of benzene rings is 1. The molecule has 4 nitrogen and oxygen atoms in total. The minimum absolute atomic E-state index is 0.103. The van der Waals surface area contributed by atoms with Crippen molar-refractivity contribution in [3.05, 3.63) is 52.0 Å². The fourth-order valence-corrected chi connectivity index (χ4v) is 4.42. The summed E-state index contributed by atoms with van der Waals surface area (Å²) in [7, 11) is 0. The van der Waals surface area contributed by atoms with Crippen LogP contribution in [-0.4, -0.2) is 46.9 Å². The number of amides is 1. The van der Waals surface area contributed by atoms with Crippen molar-refractivity contribution in [3.63, 3.8) is 0 Å². The fraction of sp³-hybridized carbons (Fsp3) is 0.444. The summed E-state index contributed by atoms with van der Waals surface area (Å²) in [5.41, 5.74) is 5.12. The third-order valence-electron chi connectivity index (χ3n) is 5.16. The summed E-state index contributed by atoms with van der Waals surface area (Å²) in [5, 5.41) is 1.85. The van der Waals surface area contributed by atoms with Gasteiger partial charge in [0.25, 0.3) is 5.91 Å². The number of rotatable bonds is 3. The second kappa shape index (κ2) is 6.06. The molecular weight excluding hydrogens is 306 g/mol. The van der Waals surface area contributed by atoms with Gasteiger partial charge in [-0.15, -0.1) is 11.3 Å². The van der Waals surface area contributed by atoms with Crippen LogP contribution in [0.15, 0.2) is 35.2 Å². The molecule has 0 aliphatic carbocycles. The normalized spacial score (nSPS) is 24.1. The molecule has 4 rings (SSSR count). The first-order valence-electron chi connectivity index (χ1n) is 8.15. The van der Waals surface area contributed by atoms with Crippen LogP contribution in [0.1, 0.15) is 21.6 Å². The second-order valence-corrected chi connectivity index (χ2v) is 7.44. The summed E-state index contributed by atoms with van der Waals surface area (Å²) in [5.74, 6) is 1.33. The van der Waals surface area contributed by atoms with Gasteiger partial charge >= 0.3 is 0 Å². The molecule has 1 aromatic carbocycles. The maximum atomic E-state index is 12.4. The Hall–Kier alpha value is -1.72. The number of aryl methyl sites for hydroxylation is 1. The monoisotopic (exact) mass is 327 g/mol. The fourth-order valence-electron chi connectivity index (χ4n) is 3.89. The van der Waals surface area contributed by atoms with Gasteiger partial charge in [0.1, 0.15) is 5.69 Å². The van der Waals surface area contributed by atoms with Crippen molar-refractivity contribution >= 4 is 17.2 Å². The molecule has 2 aliphatic heterocycles. The minimum Gasteiger partial charge on any atom is -0.337 e. The Labute approximate surface area is 140 Å². The Bertz CT molecular complexity index is 686. The molecular formula is C18H21N3OS. The lowest BCUT2D eigenvalue weighted by molar-refractivity contribution is 0.0768. The zero-order chi connectivity index (χ0) is 15.8. The maximum absolute atomic E-state index is 12.4. The van der Waals surface area contributed by atoms with Gasteiger partial charge in [-0.3, -0.25) is 9.69 Å². The van der Waals surface area contributed by atoms with Crippen molar-refractivity contribution in [2.45, 2.75) is 13.5 Å². The first-order valence-corrected chi connectivity index (χ1v) is 9.09. The van der Waals surface area contributed by atoms with Crippen molar-refractivity contribution in [1.29, 1.82) is 0 Å². The van der Waals surface area contributed by atoms with Crippen molar-refractivity contribution in [2.24, 2.45) is 11.8 Å². The van der Waals surface area contributed by atoms with Gasteiger partial charge in [0.15, 0.2) is 0 Å². The van der Waals surface area contributed by atoms with Crippen LogP contribution in [-0.2, 0) is 6.54 Å². The summed E-state index contributed by atoms with van der Waals surface area (Å²) in [4.78, 5) is 21.1. The molecule has 23 heavy (non-hydrogen) atoms. The van der Waals surface area contributed by atoms with Crippen LogP contribution in [0, 0.1) is 18.8 Å². The van der Waals surface area contributed by atoms with Crippen LogP contribution < -0.4 is 0 Å². The number of fused-ring (bicyclic) bond motifs is 1. The van der Waals surface area contributed by atoms with E-state index >= 15 is 0 Å². The third-order valence-corrected chi connectivity index (χ3v) is 5.74. The summed E-state index contributed by atoms with van der Waals surface area (Å²) in [6.45, 7) is 7.16. The highest BCUT2D eigenvalue weighted by Gasteiger charge is 2.41. The number of carbonyl (C=O) groups is 1. The average Bonchev–Trinajstić information content (AvgIpc) is 3.24. The van der Waals surface area contributed by atoms with E-state index in [0.717, 1.165) is 32.7 Å². The van der Waals surface area contributed by atoms with E-state index in [1.807, 2.05) is 10.3 Å². The number of carbonyl (C=O) groups excluding carboxylic acids is 1. The Morgan fingerprint density at radius 1 is 1.22 bits per heavy atom. The van der Waals surface area contributed by atoms with Gasteiger partial charge in [-0.05, 0) is 29.9 Å². The largest absolute Gasteiger partial charge is 0.337 e. The SMILES string of the molecule is Cc1ccccc1CN1C[C@H]2CN(C(=O)c3cscn3)C[C@@H]2C1. The Morgan fingerprint density at radius 2 is 1.96 bits per heavy atom. The molecule has 2 atom stereocenters. The smallest absolute Gasteiger partial charge is 0.273 e. The van der Waals surface area contributed by atoms with Crippen LogP contribution in [0.4, 0.5) is 0 Å². The van der Waals surface area contributed by atoms with Crippen LogP contribution in [0.2, 0.25) is 0 Å². The van der Waals surface area contributed by atoms with Crippen LogP contribution >= 0.6 is 11.3 Å². The molecule has 5 heteroatoms. The van der Waals surface area contributed by atoms with Gasteiger partial charge in [-0.2, -0.15) is 0 Å². The molecule has 1 amide bonds. The summed E-state index contributed by atoms with van der Waals surface area (Å²) >= 11 is 1.48. The highest BCUT2D eigenvalue weighted by Crippen LogP contribution is 2.32. The number of thiazole rings is 1. The zero-order valence-electron chi connectivity index (χ0n) is 13.3. The highest BCUT2D eigenvalue weighted by molar-refractivity contribution is 7.07. The summed E-state index contributed by atoms with van der Waals surface area (Å²) < 4.78 is 0. The lowest BCUT2D eigenvalue weighted by Crippen LogP contribution is -2.33. The molecule has 3 heterocycles. The number of nitrogens with zero attached hydrogens (tertiary/aromatic N) is 3. The van der Waals surface area contributed by atoms with Gasteiger partial charge in [0.2, 0.25) is 0 Å². The van der Waals surface area contributed by atoms with E-state index in [2.05, 4.69) is 41.1 Å². The van der Waals surface area contributed by atoms with Crippen LogP contribution in [0.3, 0.4) is 0 Å². The van der Waals surface area contributed by atoms with Crippen LogP contribution in [0.5, 0.6) is 0 Å². The maximum Gasteiger partial charge on any atom is 0.273 e. The number of hydrogen-bond acceptors (Lipinski definition) is 4. The van der Waals surface area contributed by atoms with E-state index in [1.54, 1.807) is 5.51 Å². The van der Waals surface area contributed by atoms with Crippen LogP contribution in [0.25, 0.3) is 0 Å². The van der Waals surface area contributed by atoms with Gasteiger partial charge in [0, 0.05) is 38.1 Å². The molecule has 0 saturated carbocycles. The van der Waals surface area contributed by atoms with E-state index in [4.69, 9.17) is 0 Å². The molecule has 2 saturated heterocycles. The quantitative estimate of drug-likeness (QED) is 0.869. The van der Waals surface area contributed by atoms with E-state index in [-0.39, 0.29) is 5.91 Å². The molecule has 2 aromatic rings. The van der Waals surface area contributed by atoms with E-state index < -0.39 is 0 Å². The Balaban J connectivity index is 1.37. The average molecular weight is 327 g/mol. The standard InChI is InChI=1S/C18H21N3OS/c1-13-4-2-3-5-14(13)6-20-7-15-9-21(10-16(15)8-20)18(22)17-11-23-12-19-17/h2-5,11-12,15-16H,6-10H2,1H3/t15-,16-/m0/s1. The minimum atomic E-state index is 0.103. The summed E-state index contributed by atoms with van der Waals surface area (Å²) in [6.07, 6.45) is 0. The van der Waals surface area contributed by atoms with E-state index in [9.17, 15) is 4.79 Å². The summed E-state index contributed by atoms with van der Waals surface area (Å²) in [6, 6.07) is 8.62. The first-order chi connectivity index (χ1) is 11.2. The first kappa shape index (κ1) is 14.8. The topological polar surface area (TPSA) is 36.4 Å². The zero-order valence-corrected chi connectivity index (χ0v) is 14.1. The second-order valence-electron chi connectivity index (χ2n) is 6.72. The predicted molar refractivity (Wildman–Crippen MR) is 91.5 cm³/mol. The van der Waals surface area contributed by atoms with Gasteiger partial charge in [-0.1, -0.05) is 24.3 Å². The molecule has 0 bridgehead atoms. The molecule has 0 N–H and O–H groups in total. The predicted octanol–water partition coefficient (Wildman–Crippen LogP) is 2.66. The Morgan fingerprint density at radius 3 is 2.61 bits per heavy atom. The molecule has 0 spiro atoms. The third kappa shape index (κ3) is 2.91. The number of hydrogen-bond donors (Lipinski definition) is 0. The van der Waals surface area contributed by atoms with Crippen molar-refractivity contribution < 1.29 is 4.79 Å². The lowest BCUT2D eigenvalue weighted by atomic mass is 10.0. The van der Waals surface area contributed by atoms with Gasteiger partial charge in [0.05, 0.1) is 5.51 Å². The lowest BCUT2D eigenvalue weighted by Gasteiger charge is -2.21. The molecule has 120 valence electrons. The molecule has 2 aliphatic rings. The molecule has 2 fully saturated rings. The van der Waals surface area contributed by atoms with Gasteiger partial charge < -0.3 is 4.90 Å². The van der Waals surface area contributed by atoms with Crippen molar-refractivity contribution in [1.82, 2.24) is 14.8 Å². The van der Waals surface area contributed by atoms with E-state index in [0.29, 0.717) is 17.5 Å². The number of likely N-dealkylation sites (tertiary alicyclic amines) is 2. The van der Waals surface area contributed by atoms with Gasteiger partial charge in [-0.25, -0.2) is 4.98 Å².